The van der Waals surface area contributed by atoms with E-state index in [1.807, 2.05) is 19.1 Å². The van der Waals surface area contributed by atoms with Crippen LogP contribution in [0.15, 0.2) is 12.1 Å². The van der Waals surface area contributed by atoms with E-state index in [0.29, 0.717) is 5.88 Å². The Labute approximate surface area is 77.1 Å². The van der Waals surface area contributed by atoms with Crippen LogP contribution in [0.3, 0.4) is 0 Å². The van der Waals surface area contributed by atoms with E-state index in [4.69, 9.17) is 23.2 Å². The molecule has 0 nitrogen and oxygen atoms in total. The largest absolute Gasteiger partial charge is 0.121 e. The third kappa shape index (κ3) is 1.88. The van der Waals surface area contributed by atoms with Crippen molar-refractivity contribution in [2.45, 2.75) is 19.7 Å². The highest BCUT2D eigenvalue weighted by Gasteiger charge is 2.00. The van der Waals surface area contributed by atoms with E-state index >= 15 is 0 Å². The fraction of sp³-hybridized carbons (Fsp3) is 0.333. The molecule has 0 saturated heterocycles. The van der Waals surface area contributed by atoms with E-state index in [1.165, 1.54) is 11.1 Å². The van der Waals surface area contributed by atoms with Crippen LogP contribution in [-0.2, 0) is 5.88 Å². The summed E-state index contributed by atoms with van der Waals surface area (Å²) in [6.45, 7) is 4.10. The zero-order valence-corrected chi connectivity index (χ0v) is 8.13. The van der Waals surface area contributed by atoms with Crippen molar-refractivity contribution in [3.05, 3.63) is 33.8 Å². The van der Waals surface area contributed by atoms with Crippen LogP contribution in [0.4, 0.5) is 0 Å². The summed E-state index contributed by atoms with van der Waals surface area (Å²) in [6.07, 6.45) is 0. The van der Waals surface area contributed by atoms with Gasteiger partial charge in [-0.05, 0) is 36.6 Å². The molecule has 0 fully saturated rings. The maximum Gasteiger partial charge on any atom is 0.0488 e. The summed E-state index contributed by atoms with van der Waals surface area (Å²) in [5, 5.41) is 0.767. The molecule has 0 atom stereocenters. The first-order chi connectivity index (χ1) is 5.15. The van der Waals surface area contributed by atoms with Crippen molar-refractivity contribution in [1.29, 1.82) is 0 Å². The molecule has 0 spiro atoms. The average molecular weight is 189 g/mol. The second kappa shape index (κ2) is 3.46. The molecule has 0 saturated carbocycles. The summed E-state index contributed by atoms with van der Waals surface area (Å²) in [4.78, 5) is 0. The lowest BCUT2D eigenvalue weighted by molar-refractivity contribution is 1.28. The molecular weight excluding hydrogens is 179 g/mol. The highest BCUT2D eigenvalue weighted by atomic mass is 35.5. The predicted octanol–water partition coefficient (Wildman–Crippen LogP) is 3.70. The number of aryl methyl sites for hydroxylation is 2. The standard InChI is InChI=1S/C9H10Cl2/c1-6-3-8(5-10)9(11)4-7(6)2/h3-4H,5H2,1-2H3. The van der Waals surface area contributed by atoms with Crippen molar-refractivity contribution in [2.24, 2.45) is 0 Å². The first-order valence-electron chi connectivity index (χ1n) is 3.46. The van der Waals surface area contributed by atoms with E-state index in [-0.39, 0.29) is 0 Å². The number of halogens is 2. The van der Waals surface area contributed by atoms with E-state index in [2.05, 4.69) is 6.92 Å². The molecule has 0 radical (unpaired) electrons. The molecule has 0 aliphatic carbocycles. The number of hydrogen-bond acceptors (Lipinski definition) is 0. The first kappa shape index (κ1) is 8.89. The summed E-state index contributed by atoms with van der Waals surface area (Å²) >= 11 is 11.6. The van der Waals surface area contributed by atoms with Gasteiger partial charge >= 0.3 is 0 Å². The van der Waals surface area contributed by atoms with Crippen LogP contribution in [0.2, 0.25) is 5.02 Å². The summed E-state index contributed by atoms with van der Waals surface area (Å²) in [6, 6.07) is 3.99. The Morgan fingerprint density at radius 2 is 1.73 bits per heavy atom. The molecule has 0 bridgehead atoms. The molecule has 2 heteroatoms. The van der Waals surface area contributed by atoms with Crippen molar-refractivity contribution in [3.8, 4) is 0 Å². The topological polar surface area (TPSA) is 0 Å². The molecule has 60 valence electrons. The number of benzene rings is 1. The molecule has 0 aliphatic rings. The first-order valence-corrected chi connectivity index (χ1v) is 4.38. The summed E-state index contributed by atoms with van der Waals surface area (Å²) in [5.41, 5.74) is 3.46. The molecule has 0 N–H and O–H groups in total. The van der Waals surface area contributed by atoms with E-state index in [9.17, 15) is 0 Å². The highest BCUT2D eigenvalue weighted by molar-refractivity contribution is 6.32. The fourth-order valence-corrected chi connectivity index (χ4v) is 1.52. The van der Waals surface area contributed by atoms with Gasteiger partial charge in [0.25, 0.3) is 0 Å². The molecular formula is C9H10Cl2. The summed E-state index contributed by atoms with van der Waals surface area (Å²) < 4.78 is 0. The molecule has 0 heterocycles. The second-order valence-electron chi connectivity index (χ2n) is 2.66. The van der Waals surface area contributed by atoms with Gasteiger partial charge in [0.05, 0.1) is 0 Å². The Morgan fingerprint density at radius 1 is 1.18 bits per heavy atom. The van der Waals surface area contributed by atoms with Crippen molar-refractivity contribution >= 4 is 23.2 Å². The minimum Gasteiger partial charge on any atom is -0.121 e. The Morgan fingerprint density at radius 3 is 2.27 bits per heavy atom. The van der Waals surface area contributed by atoms with Crippen LogP contribution < -0.4 is 0 Å². The van der Waals surface area contributed by atoms with Gasteiger partial charge in [0.15, 0.2) is 0 Å². The third-order valence-electron chi connectivity index (χ3n) is 1.81. The predicted molar refractivity (Wildman–Crippen MR) is 50.5 cm³/mol. The molecule has 0 aliphatic heterocycles. The summed E-state index contributed by atoms with van der Waals surface area (Å²) in [7, 11) is 0. The minimum atomic E-state index is 0.486. The van der Waals surface area contributed by atoms with Crippen LogP contribution in [0.25, 0.3) is 0 Å². The van der Waals surface area contributed by atoms with Crippen LogP contribution in [0, 0.1) is 13.8 Å². The number of alkyl halides is 1. The van der Waals surface area contributed by atoms with E-state index < -0.39 is 0 Å². The van der Waals surface area contributed by atoms with Gasteiger partial charge in [0, 0.05) is 10.9 Å². The molecule has 1 aromatic carbocycles. The van der Waals surface area contributed by atoms with Gasteiger partial charge in [-0.25, -0.2) is 0 Å². The Balaban J connectivity index is 3.21. The van der Waals surface area contributed by atoms with Gasteiger partial charge in [-0.1, -0.05) is 17.7 Å². The Bertz CT molecular complexity index is 267. The van der Waals surface area contributed by atoms with Gasteiger partial charge in [-0.15, -0.1) is 11.6 Å². The molecule has 0 amide bonds. The van der Waals surface area contributed by atoms with Crippen LogP contribution in [0.1, 0.15) is 16.7 Å². The monoisotopic (exact) mass is 188 g/mol. The van der Waals surface area contributed by atoms with Gasteiger partial charge in [0.1, 0.15) is 0 Å². The van der Waals surface area contributed by atoms with Crippen LogP contribution in [0.5, 0.6) is 0 Å². The van der Waals surface area contributed by atoms with Gasteiger partial charge in [-0.3, -0.25) is 0 Å². The lowest BCUT2D eigenvalue weighted by atomic mass is 10.1. The van der Waals surface area contributed by atoms with Gasteiger partial charge in [0.2, 0.25) is 0 Å². The van der Waals surface area contributed by atoms with Crippen molar-refractivity contribution < 1.29 is 0 Å². The lowest BCUT2D eigenvalue weighted by Gasteiger charge is -2.04. The Kier molecular flexibility index (Phi) is 2.80. The van der Waals surface area contributed by atoms with Crippen LogP contribution >= 0.6 is 23.2 Å². The molecule has 1 aromatic rings. The Hall–Kier alpha value is -0.200. The normalized spacial score (nSPS) is 10.2. The maximum atomic E-state index is 5.92. The van der Waals surface area contributed by atoms with Gasteiger partial charge < -0.3 is 0 Å². The summed E-state index contributed by atoms with van der Waals surface area (Å²) in [5.74, 6) is 0.486. The highest BCUT2D eigenvalue weighted by Crippen LogP contribution is 2.21. The van der Waals surface area contributed by atoms with Crippen LogP contribution in [-0.4, -0.2) is 0 Å². The zero-order valence-electron chi connectivity index (χ0n) is 6.62. The average Bonchev–Trinajstić information content (AvgIpc) is 1.97. The number of hydrogen-bond donors (Lipinski definition) is 0. The fourth-order valence-electron chi connectivity index (χ4n) is 0.943. The maximum absolute atomic E-state index is 5.92. The van der Waals surface area contributed by atoms with E-state index in [1.54, 1.807) is 0 Å². The lowest BCUT2D eigenvalue weighted by Crippen LogP contribution is -1.86. The smallest absolute Gasteiger partial charge is 0.0488 e. The minimum absolute atomic E-state index is 0.486. The molecule has 0 unspecified atom stereocenters. The second-order valence-corrected chi connectivity index (χ2v) is 3.34. The number of rotatable bonds is 1. The van der Waals surface area contributed by atoms with Crippen molar-refractivity contribution in [2.75, 3.05) is 0 Å². The molecule has 1 rings (SSSR count). The quantitative estimate of drug-likeness (QED) is 0.591. The third-order valence-corrected chi connectivity index (χ3v) is 2.45. The SMILES string of the molecule is Cc1cc(Cl)c(CCl)cc1C. The van der Waals surface area contributed by atoms with Crippen molar-refractivity contribution in [1.82, 2.24) is 0 Å². The molecule has 0 aromatic heterocycles. The molecule has 11 heavy (non-hydrogen) atoms. The van der Waals surface area contributed by atoms with E-state index in [0.717, 1.165) is 10.6 Å². The zero-order chi connectivity index (χ0) is 8.43. The van der Waals surface area contributed by atoms with Gasteiger partial charge in [-0.2, -0.15) is 0 Å². The van der Waals surface area contributed by atoms with Crippen molar-refractivity contribution in [3.63, 3.8) is 0 Å².